The van der Waals surface area contributed by atoms with Crippen molar-refractivity contribution in [2.24, 2.45) is 0 Å². The Morgan fingerprint density at radius 3 is 2.25 bits per heavy atom. The summed E-state index contributed by atoms with van der Waals surface area (Å²) in [5, 5.41) is 0.734. The van der Waals surface area contributed by atoms with E-state index in [1.165, 1.54) is 12.1 Å². The minimum atomic E-state index is -0.221. The van der Waals surface area contributed by atoms with Gasteiger partial charge in [0.05, 0.1) is 20.4 Å². The first-order chi connectivity index (χ1) is 15.6. The molecule has 1 aliphatic heterocycles. The fourth-order valence-corrected chi connectivity index (χ4v) is 4.63. The summed E-state index contributed by atoms with van der Waals surface area (Å²) in [5.74, 6) is 1.38. The molecule has 0 amide bonds. The quantitative estimate of drug-likeness (QED) is 0.443. The molecular weight excluding hydrogens is 427 g/mol. The Morgan fingerprint density at radius 1 is 0.875 bits per heavy atom. The molecule has 1 fully saturated rings. The Kier molecular flexibility index (Phi) is 7.30. The molecule has 0 unspecified atom stereocenters. The number of methoxy groups -OCH3 is 2. The van der Waals surface area contributed by atoms with E-state index < -0.39 is 0 Å². The maximum Gasteiger partial charge on any atom is 0.125 e. The van der Waals surface area contributed by atoms with Gasteiger partial charge >= 0.3 is 0 Å². The van der Waals surface area contributed by atoms with Gasteiger partial charge in [0.1, 0.15) is 17.3 Å². The van der Waals surface area contributed by atoms with E-state index in [4.69, 9.17) is 21.1 Å². The number of nitrogens with zero attached hydrogens (tertiary/aromatic N) is 2. The summed E-state index contributed by atoms with van der Waals surface area (Å²) >= 11 is 6.26. The van der Waals surface area contributed by atoms with Crippen molar-refractivity contribution in [2.75, 3.05) is 27.3 Å². The summed E-state index contributed by atoms with van der Waals surface area (Å²) in [4.78, 5) is 4.86. The van der Waals surface area contributed by atoms with Crippen molar-refractivity contribution in [1.82, 2.24) is 9.80 Å². The number of benzene rings is 3. The fourth-order valence-electron chi connectivity index (χ4n) is 4.41. The average Bonchev–Trinajstić information content (AvgIpc) is 2.80. The molecule has 1 aliphatic rings. The van der Waals surface area contributed by atoms with Crippen LogP contribution in [0.1, 0.15) is 29.3 Å². The van der Waals surface area contributed by atoms with E-state index >= 15 is 0 Å². The van der Waals surface area contributed by atoms with E-state index in [0.717, 1.165) is 59.3 Å². The monoisotopic (exact) mass is 454 g/mol. The number of ether oxygens (including phenoxy) is 2. The predicted octanol–water partition coefficient (Wildman–Crippen LogP) is 5.90. The molecule has 1 heterocycles. The van der Waals surface area contributed by atoms with Crippen molar-refractivity contribution in [3.8, 4) is 11.5 Å². The van der Waals surface area contributed by atoms with Crippen LogP contribution < -0.4 is 9.47 Å². The van der Waals surface area contributed by atoms with Crippen molar-refractivity contribution in [2.45, 2.75) is 25.7 Å². The Bertz CT molecular complexity index is 1040. The SMILES string of the molecule is COc1ccc(OC)c([C@@H]2N(Cc3ccc(F)cc3)CCCN2Cc2cccc(Cl)c2)c1. The van der Waals surface area contributed by atoms with Crippen molar-refractivity contribution >= 4 is 11.6 Å². The van der Waals surface area contributed by atoms with Crippen molar-refractivity contribution in [3.05, 3.63) is 94.3 Å². The summed E-state index contributed by atoms with van der Waals surface area (Å²) in [6.45, 7) is 3.33. The van der Waals surface area contributed by atoms with Gasteiger partial charge in [-0.15, -0.1) is 0 Å². The number of rotatable bonds is 7. The van der Waals surface area contributed by atoms with Crippen molar-refractivity contribution < 1.29 is 13.9 Å². The van der Waals surface area contributed by atoms with Crippen LogP contribution in [0.25, 0.3) is 0 Å². The first kappa shape index (κ1) is 22.6. The molecule has 0 radical (unpaired) electrons. The molecular formula is C26H28ClFN2O2. The van der Waals surface area contributed by atoms with Crippen LogP contribution in [0.4, 0.5) is 4.39 Å². The van der Waals surface area contributed by atoms with Crippen LogP contribution >= 0.6 is 11.6 Å². The predicted molar refractivity (Wildman–Crippen MR) is 126 cm³/mol. The summed E-state index contributed by atoms with van der Waals surface area (Å²) < 4.78 is 24.7. The topological polar surface area (TPSA) is 24.9 Å². The van der Waals surface area contributed by atoms with Crippen molar-refractivity contribution in [3.63, 3.8) is 0 Å². The molecule has 0 aromatic heterocycles. The first-order valence-electron chi connectivity index (χ1n) is 10.8. The summed E-state index contributed by atoms with van der Waals surface area (Å²) in [6, 6.07) is 20.7. The maximum absolute atomic E-state index is 13.5. The number of hydrogen-bond acceptors (Lipinski definition) is 4. The molecule has 4 nitrogen and oxygen atoms in total. The Labute approximate surface area is 194 Å². The zero-order chi connectivity index (χ0) is 22.5. The van der Waals surface area contributed by atoms with Gasteiger partial charge in [0.15, 0.2) is 0 Å². The largest absolute Gasteiger partial charge is 0.497 e. The molecule has 0 bridgehead atoms. The van der Waals surface area contributed by atoms with Crippen LogP contribution in [0, 0.1) is 5.82 Å². The minimum Gasteiger partial charge on any atom is -0.497 e. The highest BCUT2D eigenvalue weighted by Gasteiger charge is 2.33. The maximum atomic E-state index is 13.5. The van der Waals surface area contributed by atoms with Crippen LogP contribution in [0.2, 0.25) is 5.02 Å². The highest BCUT2D eigenvalue weighted by molar-refractivity contribution is 6.30. The second-order valence-corrected chi connectivity index (χ2v) is 8.47. The molecule has 3 aromatic carbocycles. The second-order valence-electron chi connectivity index (χ2n) is 8.03. The second kappa shape index (κ2) is 10.3. The number of halogens is 2. The first-order valence-corrected chi connectivity index (χ1v) is 11.1. The van der Waals surface area contributed by atoms with Gasteiger partial charge in [0, 0.05) is 36.8 Å². The van der Waals surface area contributed by atoms with Gasteiger partial charge in [-0.3, -0.25) is 9.80 Å². The molecule has 3 aromatic rings. The lowest BCUT2D eigenvalue weighted by Crippen LogP contribution is -2.47. The van der Waals surface area contributed by atoms with Crippen molar-refractivity contribution in [1.29, 1.82) is 0 Å². The summed E-state index contributed by atoms with van der Waals surface area (Å²) in [6.07, 6.45) is 1.00. The zero-order valence-corrected chi connectivity index (χ0v) is 19.2. The Balaban J connectivity index is 1.72. The van der Waals surface area contributed by atoms with E-state index in [9.17, 15) is 4.39 Å². The van der Waals surface area contributed by atoms with Crippen LogP contribution in [0.3, 0.4) is 0 Å². The average molecular weight is 455 g/mol. The molecule has 1 saturated heterocycles. The van der Waals surface area contributed by atoms with Gasteiger partial charge in [-0.2, -0.15) is 0 Å². The van der Waals surface area contributed by atoms with Gasteiger partial charge in [0.25, 0.3) is 0 Å². The summed E-state index contributed by atoms with van der Waals surface area (Å²) in [5.41, 5.74) is 3.28. The third kappa shape index (κ3) is 5.23. The molecule has 32 heavy (non-hydrogen) atoms. The van der Waals surface area contributed by atoms with Gasteiger partial charge in [-0.25, -0.2) is 4.39 Å². The zero-order valence-electron chi connectivity index (χ0n) is 18.4. The van der Waals surface area contributed by atoms with Gasteiger partial charge in [-0.1, -0.05) is 35.9 Å². The summed E-state index contributed by atoms with van der Waals surface area (Å²) in [7, 11) is 3.37. The molecule has 0 saturated carbocycles. The van der Waals surface area contributed by atoms with E-state index in [1.54, 1.807) is 14.2 Å². The Hall–Kier alpha value is -2.60. The molecule has 0 aliphatic carbocycles. The molecule has 4 rings (SSSR count). The van der Waals surface area contributed by atoms with Gasteiger partial charge in [-0.05, 0) is 60.0 Å². The van der Waals surface area contributed by atoms with Crippen LogP contribution in [-0.4, -0.2) is 37.1 Å². The highest BCUT2D eigenvalue weighted by atomic mass is 35.5. The lowest BCUT2D eigenvalue weighted by atomic mass is 10.0. The van der Waals surface area contributed by atoms with Crippen LogP contribution in [0.15, 0.2) is 66.7 Å². The highest BCUT2D eigenvalue weighted by Crippen LogP contribution is 2.38. The molecule has 1 atom stereocenters. The van der Waals surface area contributed by atoms with Crippen LogP contribution in [0.5, 0.6) is 11.5 Å². The van der Waals surface area contributed by atoms with Crippen LogP contribution in [-0.2, 0) is 13.1 Å². The third-order valence-electron chi connectivity index (χ3n) is 5.87. The standard InChI is InChI=1S/C26H28ClFN2O2/c1-31-23-11-12-25(32-2)24(16-23)26-29(17-19-7-9-22(28)10-8-19)13-4-14-30(26)18-20-5-3-6-21(27)15-20/h3,5-12,15-16,26H,4,13-14,17-18H2,1-2H3/t26-/m1/s1. The van der Waals surface area contributed by atoms with Gasteiger partial charge in [0.2, 0.25) is 0 Å². The lowest BCUT2D eigenvalue weighted by Gasteiger charge is -2.44. The molecule has 6 heteroatoms. The van der Waals surface area contributed by atoms with Gasteiger partial charge < -0.3 is 9.47 Å². The molecule has 168 valence electrons. The van der Waals surface area contributed by atoms with E-state index in [1.807, 2.05) is 42.5 Å². The smallest absolute Gasteiger partial charge is 0.125 e. The minimum absolute atomic E-state index is 0.0298. The number of hydrogen-bond donors (Lipinski definition) is 0. The normalized spacial score (nSPS) is 17.3. The third-order valence-corrected chi connectivity index (χ3v) is 6.11. The fraction of sp³-hybridized carbons (Fsp3) is 0.308. The lowest BCUT2D eigenvalue weighted by molar-refractivity contribution is -0.0104. The van der Waals surface area contributed by atoms with E-state index in [-0.39, 0.29) is 12.0 Å². The molecule has 0 N–H and O–H groups in total. The van der Waals surface area contributed by atoms with E-state index in [2.05, 4.69) is 21.9 Å². The Morgan fingerprint density at radius 2 is 1.59 bits per heavy atom. The van der Waals surface area contributed by atoms with E-state index in [0.29, 0.717) is 6.54 Å². The molecule has 0 spiro atoms.